The van der Waals surface area contributed by atoms with Crippen molar-refractivity contribution in [2.24, 2.45) is 0 Å². The van der Waals surface area contributed by atoms with Crippen LogP contribution in [0.5, 0.6) is 0 Å². The molecule has 1 aromatic heterocycles. The first-order chi connectivity index (χ1) is 6.27. The van der Waals surface area contributed by atoms with Crippen molar-refractivity contribution in [1.29, 1.82) is 0 Å². The second kappa shape index (κ2) is 4.67. The predicted octanol–water partition coefficient (Wildman–Crippen LogP) is 1.45. The van der Waals surface area contributed by atoms with E-state index in [1.807, 2.05) is 0 Å². The molecule has 0 saturated carbocycles. The number of halogens is 1. The molecule has 0 aliphatic heterocycles. The molecule has 0 aliphatic rings. The van der Waals surface area contributed by atoms with E-state index in [0.29, 0.717) is 11.6 Å². The zero-order valence-electron chi connectivity index (χ0n) is 7.08. The van der Waals surface area contributed by atoms with Crippen LogP contribution < -0.4 is 5.32 Å². The lowest BCUT2D eigenvalue weighted by Gasteiger charge is -2.07. The van der Waals surface area contributed by atoms with Gasteiger partial charge in [0.25, 0.3) is 6.47 Å². The monoisotopic (exact) mass is 200 g/mol. The highest BCUT2D eigenvalue weighted by molar-refractivity contribution is 6.29. The largest absolute Gasteiger partial charge is 0.463 e. The summed E-state index contributed by atoms with van der Waals surface area (Å²) in [6, 6.07) is 1.67. The maximum Gasteiger partial charge on any atom is 0.293 e. The first kappa shape index (κ1) is 9.80. The van der Waals surface area contributed by atoms with Crippen molar-refractivity contribution in [3.63, 3.8) is 0 Å². The molecular formula is C8H9ClN2O2. The molecule has 0 bridgehead atoms. The Bertz CT molecular complexity index is 304. The maximum atomic E-state index is 9.96. The van der Waals surface area contributed by atoms with Gasteiger partial charge in [-0.05, 0) is 6.07 Å². The molecule has 0 fully saturated rings. The third kappa shape index (κ3) is 2.59. The summed E-state index contributed by atoms with van der Waals surface area (Å²) in [5.41, 5.74) is 1.60. The minimum absolute atomic E-state index is 0.198. The summed E-state index contributed by atoms with van der Waals surface area (Å²) in [6.45, 7) is 0.595. The number of ether oxygens (including phenoxy) is 1. The van der Waals surface area contributed by atoms with Gasteiger partial charge in [0.1, 0.15) is 11.8 Å². The van der Waals surface area contributed by atoms with Gasteiger partial charge in [-0.2, -0.15) is 0 Å². The van der Waals surface area contributed by atoms with Gasteiger partial charge < -0.3 is 10.1 Å². The average molecular weight is 201 g/mol. The number of hydrogen-bond donors (Lipinski definition) is 1. The molecule has 0 radical (unpaired) electrons. The molecule has 1 heterocycles. The van der Waals surface area contributed by atoms with Crippen LogP contribution in [0.1, 0.15) is 5.56 Å². The van der Waals surface area contributed by atoms with Crippen molar-refractivity contribution in [3.8, 4) is 0 Å². The van der Waals surface area contributed by atoms with E-state index in [1.165, 1.54) is 0 Å². The van der Waals surface area contributed by atoms with Gasteiger partial charge in [-0.25, -0.2) is 4.98 Å². The van der Waals surface area contributed by atoms with Crippen LogP contribution in [0.2, 0.25) is 5.15 Å². The molecule has 13 heavy (non-hydrogen) atoms. The van der Waals surface area contributed by atoms with E-state index in [2.05, 4.69) is 15.0 Å². The van der Waals surface area contributed by atoms with E-state index in [4.69, 9.17) is 11.6 Å². The van der Waals surface area contributed by atoms with Crippen molar-refractivity contribution < 1.29 is 9.53 Å². The molecule has 1 rings (SSSR count). The van der Waals surface area contributed by atoms with E-state index in [-0.39, 0.29) is 6.61 Å². The maximum absolute atomic E-state index is 9.96. The molecule has 70 valence electrons. The lowest BCUT2D eigenvalue weighted by molar-refractivity contribution is -0.129. The van der Waals surface area contributed by atoms with E-state index >= 15 is 0 Å². The van der Waals surface area contributed by atoms with Crippen LogP contribution >= 0.6 is 11.6 Å². The van der Waals surface area contributed by atoms with Gasteiger partial charge in [-0.1, -0.05) is 11.6 Å². The third-order valence-corrected chi connectivity index (χ3v) is 1.74. The fourth-order valence-corrected chi connectivity index (χ4v) is 1.09. The summed E-state index contributed by atoms with van der Waals surface area (Å²) in [5.74, 6) is 0. The van der Waals surface area contributed by atoms with Crippen molar-refractivity contribution in [3.05, 3.63) is 23.0 Å². The highest BCUT2D eigenvalue weighted by Crippen LogP contribution is 2.18. The zero-order valence-corrected chi connectivity index (χ0v) is 7.84. The van der Waals surface area contributed by atoms with Gasteiger partial charge in [0.05, 0.1) is 0 Å². The minimum Gasteiger partial charge on any atom is -0.463 e. The Morgan fingerprint density at radius 1 is 1.77 bits per heavy atom. The van der Waals surface area contributed by atoms with Crippen molar-refractivity contribution in [2.75, 3.05) is 12.4 Å². The molecule has 0 atom stereocenters. The Morgan fingerprint density at radius 3 is 3.15 bits per heavy atom. The van der Waals surface area contributed by atoms with Crippen molar-refractivity contribution in [2.45, 2.75) is 6.61 Å². The summed E-state index contributed by atoms with van der Waals surface area (Å²) in [6.07, 6.45) is 1.57. The number of carbonyl (C=O) groups excluding carboxylic acids is 1. The Hall–Kier alpha value is -1.29. The Labute approximate surface area is 80.9 Å². The van der Waals surface area contributed by atoms with Crippen molar-refractivity contribution >= 4 is 23.8 Å². The molecule has 1 N–H and O–H groups in total. The van der Waals surface area contributed by atoms with Crippen LogP contribution in [0.4, 0.5) is 5.69 Å². The van der Waals surface area contributed by atoms with Crippen LogP contribution in [-0.4, -0.2) is 18.5 Å². The topological polar surface area (TPSA) is 51.2 Å². The number of carbonyl (C=O) groups is 1. The molecule has 0 saturated heterocycles. The number of pyridine rings is 1. The van der Waals surface area contributed by atoms with E-state index < -0.39 is 0 Å². The van der Waals surface area contributed by atoms with Crippen LogP contribution in [0, 0.1) is 0 Å². The molecule has 5 heteroatoms. The van der Waals surface area contributed by atoms with Crippen molar-refractivity contribution in [1.82, 2.24) is 4.98 Å². The van der Waals surface area contributed by atoms with Gasteiger partial charge in [0.15, 0.2) is 0 Å². The summed E-state index contributed by atoms with van der Waals surface area (Å²) < 4.78 is 4.60. The summed E-state index contributed by atoms with van der Waals surface area (Å²) >= 11 is 5.67. The van der Waals surface area contributed by atoms with E-state index in [9.17, 15) is 4.79 Å². The first-order valence-electron chi connectivity index (χ1n) is 3.65. The van der Waals surface area contributed by atoms with E-state index in [1.54, 1.807) is 19.3 Å². The number of aromatic nitrogens is 1. The molecule has 0 unspecified atom stereocenters. The number of nitrogens with zero attached hydrogens (tertiary/aromatic N) is 1. The summed E-state index contributed by atoms with van der Waals surface area (Å²) in [7, 11) is 1.76. The van der Waals surface area contributed by atoms with Gasteiger partial charge in [-0.3, -0.25) is 4.79 Å². The summed E-state index contributed by atoms with van der Waals surface area (Å²) in [4.78, 5) is 13.8. The zero-order chi connectivity index (χ0) is 9.68. The fraction of sp³-hybridized carbons (Fsp3) is 0.250. The number of nitrogens with one attached hydrogen (secondary N) is 1. The summed E-state index contributed by atoms with van der Waals surface area (Å²) in [5, 5.41) is 3.33. The van der Waals surface area contributed by atoms with Crippen LogP contribution in [-0.2, 0) is 16.1 Å². The van der Waals surface area contributed by atoms with E-state index in [0.717, 1.165) is 11.3 Å². The minimum atomic E-state index is 0.198. The molecule has 0 aromatic carbocycles. The van der Waals surface area contributed by atoms with Crippen LogP contribution in [0.25, 0.3) is 0 Å². The smallest absolute Gasteiger partial charge is 0.293 e. The normalized spacial score (nSPS) is 9.38. The molecule has 0 spiro atoms. The third-order valence-electron chi connectivity index (χ3n) is 1.53. The Kier molecular flexibility index (Phi) is 3.52. The van der Waals surface area contributed by atoms with Crippen LogP contribution in [0.3, 0.4) is 0 Å². The highest BCUT2D eigenvalue weighted by Gasteiger charge is 2.02. The average Bonchev–Trinajstić information content (AvgIpc) is 2.16. The number of hydrogen-bond acceptors (Lipinski definition) is 4. The molecule has 0 amide bonds. The number of rotatable bonds is 4. The quantitative estimate of drug-likeness (QED) is 0.591. The standard InChI is InChI=1S/C8H9ClN2O2/c1-10-7-2-8(9)11-3-6(7)4-13-5-12/h2-3,5H,4H2,1H3,(H,10,11). The van der Waals surface area contributed by atoms with Crippen LogP contribution in [0.15, 0.2) is 12.3 Å². The number of anilines is 1. The molecule has 4 nitrogen and oxygen atoms in total. The lowest BCUT2D eigenvalue weighted by Crippen LogP contribution is -1.98. The second-order valence-corrected chi connectivity index (χ2v) is 2.71. The Morgan fingerprint density at radius 2 is 2.54 bits per heavy atom. The van der Waals surface area contributed by atoms with Gasteiger partial charge in [0.2, 0.25) is 0 Å². The SMILES string of the molecule is CNc1cc(Cl)ncc1COC=O. The fourth-order valence-electron chi connectivity index (χ4n) is 0.930. The lowest BCUT2D eigenvalue weighted by atomic mass is 10.2. The van der Waals surface area contributed by atoms with Gasteiger partial charge in [-0.15, -0.1) is 0 Å². The molecular weight excluding hydrogens is 192 g/mol. The van der Waals surface area contributed by atoms with Gasteiger partial charge in [0, 0.05) is 24.5 Å². The first-order valence-corrected chi connectivity index (χ1v) is 4.03. The predicted molar refractivity (Wildman–Crippen MR) is 49.6 cm³/mol. The molecule has 1 aromatic rings. The highest BCUT2D eigenvalue weighted by atomic mass is 35.5. The Balaban J connectivity index is 2.85. The molecule has 0 aliphatic carbocycles. The van der Waals surface area contributed by atoms with Gasteiger partial charge >= 0.3 is 0 Å². The second-order valence-electron chi connectivity index (χ2n) is 2.32.